The highest BCUT2D eigenvalue weighted by Crippen LogP contribution is 2.26. The molecule has 0 radical (unpaired) electrons. The molecule has 0 fully saturated rings. The summed E-state index contributed by atoms with van der Waals surface area (Å²) in [5, 5.41) is 7.41. The average Bonchev–Trinajstić information content (AvgIpc) is 2.33. The van der Waals surface area contributed by atoms with Crippen LogP contribution in [0, 0.1) is 19.3 Å². The third kappa shape index (κ3) is 3.29. The highest BCUT2D eigenvalue weighted by molar-refractivity contribution is 9.10. The number of aryl methyl sites for hydroxylation is 2. The predicted octanol–water partition coefficient (Wildman–Crippen LogP) is 2.93. The fraction of sp³-hybridized carbons (Fsp3) is 0.154. The summed E-state index contributed by atoms with van der Waals surface area (Å²) in [5.41, 5.74) is 7.45. The van der Waals surface area contributed by atoms with Gasteiger partial charge in [-0.25, -0.2) is 4.98 Å². The lowest BCUT2D eigenvalue weighted by atomic mass is 10.2. The second-order valence-corrected chi connectivity index (χ2v) is 5.02. The van der Waals surface area contributed by atoms with Gasteiger partial charge in [0, 0.05) is 10.2 Å². The van der Waals surface area contributed by atoms with Crippen LogP contribution < -0.4 is 10.5 Å². The van der Waals surface area contributed by atoms with Crippen LogP contribution in [0.5, 0.6) is 11.8 Å². The maximum Gasteiger partial charge on any atom is 0.322 e. The zero-order valence-electron chi connectivity index (χ0n) is 10.6. The molecule has 0 amide bonds. The molecule has 0 saturated carbocycles. The van der Waals surface area contributed by atoms with E-state index >= 15 is 0 Å². The molecule has 0 spiro atoms. The highest BCUT2D eigenvalue weighted by atomic mass is 79.9. The molecule has 5 nitrogen and oxygen atoms in total. The van der Waals surface area contributed by atoms with Crippen LogP contribution in [0.15, 0.2) is 28.7 Å². The Bertz CT molecular complexity index is 643. The highest BCUT2D eigenvalue weighted by Gasteiger charge is 2.08. The summed E-state index contributed by atoms with van der Waals surface area (Å²) >= 11 is 3.39. The number of nitrogens with two attached hydrogens (primary N) is 1. The van der Waals surface area contributed by atoms with Gasteiger partial charge in [0.1, 0.15) is 17.3 Å². The van der Waals surface area contributed by atoms with Gasteiger partial charge >= 0.3 is 6.01 Å². The Hall–Kier alpha value is -1.95. The van der Waals surface area contributed by atoms with E-state index in [9.17, 15) is 0 Å². The SMILES string of the molecule is Cc1cc(C(=N)N)nc(Oc2cc(Br)ccc2C)n1. The molecule has 0 saturated heterocycles. The number of halogens is 1. The molecule has 98 valence electrons. The Balaban J connectivity index is 2.38. The molecule has 0 aliphatic rings. The van der Waals surface area contributed by atoms with Gasteiger partial charge in [-0.2, -0.15) is 4.98 Å². The summed E-state index contributed by atoms with van der Waals surface area (Å²) in [6, 6.07) is 7.53. The molecule has 0 aliphatic carbocycles. The third-order valence-electron chi connectivity index (χ3n) is 2.46. The predicted molar refractivity (Wildman–Crippen MR) is 76.7 cm³/mol. The van der Waals surface area contributed by atoms with E-state index in [1.54, 1.807) is 13.0 Å². The van der Waals surface area contributed by atoms with Crippen molar-refractivity contribution in [3.05, 3.63) is 45.7 Å². The second-order valence-electron chi connectivity index (χ2n) is 4.10. The normalized spacial score (nSPS) is 10.3. The van der Waals surface area contributed by atoms with Crippen LogP contribution in [0.1, 0.15) is 17.0 Å². The van der Waals surface area contributed by atoms with Crippen LogP contribution in [-0.4, -0.2) is 15.8 Å². The smallest absolute Gasteiger partial charge is 0.322 e. The lowest BCUT2D eigenvalue weighted by molar-refractivity contribution is 0.436. The number of amidine groups is 1. The monoisotopic (exact) mass is 320 g/mol. The van der Waals surface area contributed by atoms with Gasteiger partial charge in [-0.15, -0.1) is 0 Å². The van der Waals surface area contributed by atoms with Gasteiger partial charge in [0.2, 0.25) is 0 Å². The number of benzene rings is 1. The van der Waals surface area contributed by atoms with Crippen LogP contribution >= 0.6 is 15.9 Å². The van der Waals surface area contributed by atoms with Crippen LogP contribution in [0.4, 0.5) is 0 Å². The molecule has 0 unspecified atom stereocenters. The second kappa shape index (κ2) is 5.36. The van der Waals surface area contributed by atoms with E-state index in [1.165, 1.54) is 0 Å². The Kier molecular flexibility index (Phi) is 3.80. The number of nitrogens with zero attached hydrogens (tertiary/aromatic N) is 2. The van der Waals surface area contributed by atoms with Gasteiger partial charge in [-0.1, -0.05) is 22.0 Å². The van der Waals surface area contributed by atoms with Gasteiger partial charge in [0.25, 0.3) is 0 Å². The molecule has 1 aromatic carbocycles. The standard InChI is InChI=1S/C13H13BrN4O/c1-7-3-4-9(14)6-11(7)19-13-17-8(2)5-10(18-13)12(15)16/h3-6H,1-2H3,(H3,15,16). The number of aromatic nitrogens is 2. The number of nitrogens with one attached hydrogen (secondary N) is 1. The lowest BCUT2D eigenvalue weighted by Crippen LogP contribution is -2.14. The zero-order chi connectivity index (χ0) is 14.0. The van der Waals surface area contributed by atoms with E-state index in [1.807, 2.05) is 25.1 Å². The molecule has 3 N–H and O–H groups in total. The minimum absolute atomic E-state index is 0.110. The first-order valence-electron chi connectivity index (χ1n) is 5.60. The Morgan fingerprint density at radius 1 is 1.26 bits per heavy atom. The van der Waals surface area contributed by atoms with Crippen LogP contribution in [0.3, 0.4) is 0 Å². The van der Waals surface area contributed by atoms with Gasteiger partial charge in [0.05, 0.1) is 0 Å². The first kappa shape index (κ1) is 13.5. The van der Waals surface area contributed by atoms with Crippen molar-refractivity contribution in [2.24, 2.45) is 5.73 Å². The molecule has 0 atom stereocenters. The summed E-state index contributed by atoms with van der Waals surface area (Å²) in [5.74, 6) is 0.552. The van der Waals surface area contributed by atoms with E-state index < -0.39 is 0 Å². The van der Waals surface area contributed by atoms with E-state index in [0.29, 0.717) is 17.1 Å². The van der Waals surface area contributed by atoms with Crippen LogP contribution in [-0.2, 0) is 0 Å². The fourth-order valence-corrected chi connectivity index (χ4v) is 1.85. The number of hydrogen-bond acceptors (Lipinski definition) is 4. The molecule has 1 aromatic heterocycles. The fourth-order valence-electron chi connectivity index (χ4n) is 1.51. The van der Waals surface area contributed by atoms with Crippen molar-refractivity contribution in [1.82, 2.24) is 9.97 Å². The van der Waals surface area contributed by atoms with Gasteiger partial charge in [0.15, 0.2) is 0 Å². The van der Waals surface area contributed by atoms with Crippen LogP contribution in [0.25, 0.3) is 0 Å². The lowest BCUT2D eigenvalue weighted by Gasteiger charge is -2.09. The van der Waals surface area contributed by atoms with Crippen molar-refractivity contribution in [3.8, 4) is 11.8 Å². The van der Waals surface area contributed by atoms with Crippen molar-refractivity contribution < 1.29 is 4.74 Å². The summed E-state index contributed by atoms with van der Waals surface area (Å²) in [6.45, 7) is 3.73. The maximum atomic E-state index is 7.41. The molecular formula is C13H13BrN4O. The van der Waals surface area contributed by atoms with E-state index in [-0.39, 0.29) is 11.8 Å². The quantitative estimate of drug-likeness (QED) is 0.672. The first-order valence-corrected chi connectivity index (χ1v) is 6.39. The van der Waals surface area contributed by atoms with Gasteiger partial charge < -0.3 is 10.5 Å². The largest absolute Gasteiger partial charge is 0.424 e. The Labute approximate surface area is 119 Å². The molecule has 19 heavy (non-hydrogen) atoms. The topological polar surface area (TPSA) is 84.9 Å². The summed E-state index contributed by atoms with van der Waals surface area (Å²) in [7, 11) is 0. The number of rotatable bonds is 3. The van der Waals surface area contributed by atoms with Crippen molar-refractivity contribution in [2.75, 3.05) is 0 Å². The molecule has 2 aromatic rings. The molecule has 6 heteroatoms. The van der Waals surface area contributed by atoms with Crippen molar-refractivity contribution in [3.63, 3.8) is 0 Å². The third-order valence-corrected chi connectivity index (χ3v) is 2.95. The first-order chi connectivity index (χ1) is 8.95. The Morgan fingerprint density at radius 2 is 2.00 bits per heavy atom. The maximum absolute atomic E-state index is 7.41. The molecular weight excluding hydrogens is 308 g/mol. The summed E-state index contributed by atoms with van der Waals surface area (Å²) < 4.78 is 6.57. The van der Waals surface area contributed by atoms with E-state index in [4.69, 9.17) is 15.9 Å². The van der Waals surface area contributed by atoms with Crippen molar-refractivity contribution in [2.45, 2.75) is 13.8 Å². The van der Waals surface area contributed by atoms with Crippen molar-refractivity contribution in [1.29, 1.82) is 5.41 Å². The molecule has 2 rings (SSSR count). The van der Waals surface area contributed by atoms with E-state index in [2.05, 4.69) is 25.9 Å². The van der Waals surface area contributed by atoms with Gasteiger partial charge in [-0.05, 0) is 37.6 Å². The van der Waals surface area contributed by atoms with E-state index in [0.717, 1.165) is 10.0 Å². The minimum Gasteiger partial charge on any atom is -0.424 e. The molecule has 1 heterocycles. The Morgan fingerprint density at radius 3 is 2.68 bits per heavy atom. The summed E-state index contributed by atoms with van der Waals surface area (Å²) in [6.07, 6.45) is 0. The average molecular weight is 321 g/mol. The number of nitrogen functional groups attached to an aromatic ring is 1. The number of hydrogen-bond donors (Lipinski definition) is 2. The molecule has 0 aliphatic heterocycles. The van der Waals surface area contributed by atoms with Crippen LogP contribution in [0.2, 0.25) is 0 Å². The summed E-state index contributed by atoms with van der Waals surface area (Å²) in [4.78, 5) is 8.28. The molecule has 0 bridgehead atoms. The van der Waals surface area contributed by atoms with Crippen molar-refractivity contribution >= 4 is 21.8 Å². The minimum atomic E-state index is -0.110. The number of ether oxygens (including phenoxy) is 1. The zero-order valence-corrected chi connectivity index (χ0v) is 12.2. The van der Waals surface area contributed by atoms with Gasteiger partial charge in [-0.3, -0.25) is 5.41 Å².